The van der Waals surface area contributed by atoms with Gasteiger partial charge in [-0.2, -0.15) is 0 Å². The topological polar surface area (TPSA) is 830 Å². The van der Waals surface area contributed by atoms with Crippen LogP contribution < -0.4 is 93.3 Å². The second kappa shape index (κ2) is 72.1. The van der Waals surface area contributed by atoms with Crippen molar-refractivity contribution in [1.29, 1.82) is 10.8 Å². The summed E-state index contributed by atoms with van der Waals surface area (Å²) in [4.78, 5) is 255. The molecule has 47 nitrogen and oxygen atoms in total. The quantitative estimate of drug-likeness (QED) is 0.0174. The molecule has 47 heteroatoms. The maximum atomic E-state index is 15.3. The Morgan fingerprint density at radius 3 is 0.973 bits per heavy atom. The number of carboxylic acids is 1. The van der Waals surface area contributed by atoms with E-state index < -0.39 is 297 Å². The third kappa shape index (κ3) is 51.0. The van der Waals surface area contributed by atoms with Crippen molar-refractivity contribution in [2.24, 2.45) is 112 Å². The Labute approximate surface area is 864 Å². The van der Waals surface area contributed by atoms with Gasteiger partial charge in [0.25, 0.3) is 0 Å². The van der Waals surface area contributed by atoms with Crippen LogP contribution in [0.3, 0.4) is 0 Å². The normalized spacial score (nSPS) is 14.4. The number of unbranched alkanes of at least 4 members (excludes halogenated alkanes) is 5. The van der Waals surface area contributed by atoms with E-state index in [-0.39, 0.29) is 153 Å². The summed E-state index contributed by atoms with van der Waals surface area (Å²) < 4.78 is 1.50. The summed E-state index contributed by atoms with van der Waals surface area (Å²) in [7, 11) is 1.69. The highest BCUT2D eigenvalue weighted by Crippen LogP contribution is 2.28. The second-order valence-corrected chi connectivity index (χ2v) is 38.7. The molecule has 0 unspecified atom stereocenters. The predicted molar refractivity (Wildman–Crippen MR) is 547 cm³/mol. The van der Waals surface area contributed by atoms with Crippen LogP contribution in [0.5, 0.6) is 11.5 Å². The largest absolute Gasteiger partial charge is 0.508 e. The Morgan fingerprint density at radius 2 is 0.642 bits per heavy atom. The molecule has 1 aromatic heterocycles. The number of nitrogens with zero attached hydrogens (tertiary/aromatic N) is 3. The number of guanidine groups is 2. The minimum Gasteiger partial charge on any atom is -0.508 e. The van der Waals surface area contributed by atoms with Gasteiger partial charge in [-0.25, -0.2) is 0 Å². The molecule has 3 rings (SSSR count). The van der Waals surface area contributed by atoms with Gasteiger partial charge in [-0.05, 0) is 189 Å². The number of aliphatic carboxylic acids is 1. The number of aliphatic hydroxyl groups is 4. The number of aryl methyl sites for hydroxylation is 2. The van der Waals surface area contributed by atoms with Gasteiger partial charge in [-0.3, -0.25) is 102 Å². The van der Waals surface area contributed by atoms with Crippen molar-refractivity contribution in [2.45, 2.75) is 269 Å². The molecule has 0 saturated heterocycles. The fourth-order valence-corrected chi connectivity index (χ4v) is 17.0. The summed E-state index contributed by atoms with van der Waals surface area (Å²) in [5, 5.41) is 123. The van der Waals surface area contributed by atoms with E-state index in [1.165, 1.54) is 53.2 Å². The van der Waals surface area contributed by atoms with Gasteiger partial charge in [0, 0.05) is 138 Å². The standard InChI is InChI=1S/C101H164N22O25/c1-60(2)77(51-76(132)54-113-91(139)64(18-6-11-35-102)44-74(130)34-29-71-55-123(5)122-121-71)98(146)120-83(58-126)88(136)48-67(21-9-14-38-105)93(141)117-82(57-125)89(137)50-70(43-63-27-32-73(129)33-28-63)95(143)116-79(23-16-40-111-100(107)108)85(133)46-65(19-7-12-36-103)92(140)115-80(24-17-41-112-101(109)110)86(134)49-69(42-62-25-30-72(128)31-26-62)96(144)119-81(56-124)87(135)47-66(20-8-13-37-104)94(142)118-84(59-127)90(138)52-78(61(3)4)97(145)114-53-75(131)45-68(99(147)148)22-10-15-39-106/h25-28,30-33,55,60-61,64-70,77-84,124-129H,6-24,29,34-54,56-59,102-106H2,1-5H3,(H,113,139)(H,114,145)(H,115,140)(H,116,143)(H,117,141)(H,118,142)(H,119,144)(H,120,146)(H,147,148)(H4,107,108,111)(H4,109,110,112)/t64-,65-,66-,67-,68-,69-,70-,77+,78+,79+,80+,81+,82+,83+,84+/m1/s1. The summed E-state index contributed by atoms with van der Waals surface area (Å²) in [6, 6.07) is 1.20. The van der Waals surface area contributed by atoms with Crippen LogP contribution in [0.2, 0.25) is 0 Å². The first kappa shape index (κ1) is 130. The molecule has 1 heterocycles. The molecule has 0 saturated carbocycles. The number of hydrogen-bond donors (Lipinski definition) is 26. The Bertz CT molecular complexity index is 4670. The Kier molecular flexibility index (Phi) is 63.2. The van der Waals surface area contributed by atoms with Gasteiger partial charge in [0.15, 0.2) is 58.2 Å². The van der Waals surface area contributed by atoms with E-state index >= 15 is 19.2 Å². The maximum absolute atomic E-state index is 15.3. The lowest BCUT2D eigenvalue weighted by molar-refractivity contribution is -0.144. The van der Waals surface area contributed by atoms with E-state index in [1.807, 2.05) is 0 Å². The van der Waals surface area contributed by atoms with Crippen LogP contribution in [0, 0.1) is 75.9 Å². The van der Waals surface area contributed by atoms with Gasteiger partial charge in [-0.15, -0.1) is 5.10 Å². The summed E-state index contributed by atoms with van der Waals surface area (Å²) in [6.45, 7) is 2.47. The third-order valence-electron chi connectivity index (χ3n) is 25.9. The molecular weight excluding hydrogens is 1920 g/mol. The summed E-state index contributed by atoms with van der Waals surface area (Å²) in [5.74, 6) is -27.5. The highest BCUT2D eigenvalue weighted by molar-refractivity contribution is 6.01. The number of phenols is 2. The van der Waals surface area contributed by atoms with Gasteiger partial charge in [0.1, 0.15) is 41.4 Å². The predicted octanol–water partition coefficient (Wildman–Crippen LogP) is -1.50. The Hall–Kier alpha value is -12.4. The summed E-state index contributed by atoms with van der Waals surface area (Å²) >= 11 is 0. The van der Waals surface area contributed by atoms with Crippen LogP contribution in [-0.4, -0.2) is 290 Å². The van der Waals surface area contributed by atoms with Crippen LogP contribution in [0.15, 0.2) is 54.7 Å². The van der Waals surface area contributed by atoms with Gasteiger partial charge in [-0.1, -0.05) is 89.3 Å². The lowest BCUT2D eigenvalue weighted by atomic mass is 9.87. The number of aliphatic hydroxyl groups excluding tert-OH is 4. The number of benzene rings is 2. The smallest absolute Gasteiger partial charge is 0.306 e. The van der Waals surface area contributed by atoms with Crippen molar-refractivity contribution < 1.29 is 122 Å². The van der Waals surface area contributed by atoms with Crippen LogP contribution in [-0.2, 0) is 113 Å². The molecule has 3 aromatic rings. The van der Waals surface area contributed by atoms with Crippen LogP contribution in [0.1, 0.15) is 231 Å². The summed E-state index contributed by atoms with van der Waals surface area (Å²) in [5.41, 5.74) is 41.5. The average Bonchev–Trinajstić information content (AvgIpc) is 0.982. The highest BCUT2D eigenvalue weighted by atomic mass is 16.4. The number of ketones is 9. The molecule has 0 radical (unpaired) electrons. The van der Waals surface area contributed by atoms with Gasteiger partial charge in [0.05, 0.1) is 63.2 Å². The molecular formula is C101H164N22O25. The minimum absolute atomic E-state index is 0.0258. The number of aromatic nitrogens is 3. The zero-order valence-electron chi connectivity index (χ0n) is 86.2. The van der Waals surface area contributed by atoms with Crippen molar-refractivity contribution >= 4 is 117 Å². The number of rotatable bonds is 84. The molecule has 15 atom stereocenters. The molecule has 33 N–H and O–H groups in total. The number of nitrogens with one attached hydrogen (secondary N) is 12. The fourth-order valence-electron chi connectivity index (χ4n) is 17.0. The molecule has 8 amide bonds. The number of carboxylic acid groups (broad SMARTS) is 1. The zero-order chi connectivity index (χ0) is 110. The van der Waals surface area contributed by atoms with Crippen LogP contribution >= 0.6 is 0 Å². The number of carbonyl (C=O) groups is 18. The molecule has 0 aliphatic heterocycles. The Balaban J connectivity index is 2.00. The monoisotopic (exact) mass is 2090 g/mol. The van der Waals surface area contributed by atoms with Crippen molar-refractivity contribution in [1.82, 2.24) is 68.2 Å². The first-order chi connectivity index (χ1) is 70.4. The van der Waals surface area contributed by atoms with Crippen LogP contribution in [0.25, 0.3) is 0 Å². The highest BCUT2D eigenvalue weighted by Gasteiger charge is 2.40. The van der Waals surface area contributed by atoms with Crippen molar-refractivity contribution in [2.75, 3.05) is 85.3 Å². The molecule has 2 aromatic carbocycles. The molecule has 0 spiro atoms. The molecule has 148 heavy (non-hydrogen) atoms. The first-order valence-electron chi connectivity index (χ1n) is 51.2. The molecule has 0 aliphatic carbocycles. The number of Topliss-reactive ketones (excluding diaryl/α,β-unsaturated/α-hetero) is 9. The van der Waals surface area contributed by atoms with Gasteiger partial charge in [0.2, 0.25) is 47.3 Å². The fraction of sp³-hybridized carbons (Fsp3) is 0.663. The number of nitrogens with two attached hydrogens (primary N) is 7. The van der Waals surface area contributed by atoms with E-state index in [9.17, 15) is 103 Å². The number of amides is 8. The van der Waals surface area contributed by atoms with Crippen molar-refractivity contribution in [3.8, 4) is 11.5 Å². The van der Waals surface area contributed by atoms with E-state index in [0.717, 1.165) is 0 Å². The molecule has 0 aliphatic rings. The zero-order valence-corrected chi connectivity index (χ0v) is 86.2. The Morgan fingerprint density at radius 1 is 0.345 bits per heavy atom. The van der Waals surface area contributed by atoms with E-state index in [0.29, 0.717) is 87.7 Å². The van der Waals surface area contributed by atoms with Crippen molar-refractivity contribution in [3.63, 3.8) is 0 Å². The van der Waals surface area contributed by atoms with Crippen molar-refractivity contribution in [3.05, 3.63) is 71.5 Å². The average molecular weight is 2090 g/mol. The summed E-state index contributed by atoms with van der Waals surface area (Å²) in [6.07, 6.45) is 0.416. The number of hydrogen-bond acceptors (Lipinski definition) is 33. The number of carbonyl (C=O) groups excluding carboxylic acids is 17. The SMILES string of the molecule is CC(C)[C@H](CC(=O)[C@H](CO)NC(=O)[C@H](CCCCN)CC(=O)[C@H](CO)NC(=O)[C@@H](CC(=O)[C@H](CCCNC(=N)N)NC(=O)[C@H](CCCCN)CC(=O)[C@H](CCCNC(=N)N)NC(=O)[C@@H](CC(=O)[C@H](CO)NC(=O)[C@H](CCCCN)CC(=O)[C@H](CO)NC(=O)[C@@H](CC(=O)CNC(=O)[C@H](CCCCN)CC(=O)CCc1cn(C)nn1)C(C)C)Cc1ccc(O)cc1)Cc1ccc(O)cc1)C(=O)NCC(=O)C[C@@H](CCCCN)C(=O)O. The first-order valence-corrected chi connectivity index (χ1v) is 51.2. The number of phenolic OH excluding ortho intramolecular Hbond substituents is 2. The lowest BCUT2D eigenvalue weighted by Crippen LogP contribution is -2.51. The maximum Gasteiger partial charge on any atom is 0.306 e. The van der Waals surface area contributed by atoms with E-state index in [2.05, 4.69) is 63.5 Å². The third-order valence-corrected chi connectivity index (χ3v) is 25.9. The van der Waals surface area contributed by atoms with E-state index in [1.54, 1.807) is 40.9 Å². The molecule has 0 fully saturated rings. The lowest BCUT2D eigenvalue weighted by Gasteiger charge is -2.27. The van der Waals surface area contributed by atoms with Crippen LogP contribution in [0.4, 0.5) is 0 Å². The molecule has 828 valence electrons. The van der Waals surface area contributed by atoms with E-state index in [4.69, 9.17) is 51.0 Å². The molecule has 0 bridgehead atoms. The van der Waals surface area contributed by atoms with Gasteiger partial charge < -0.3 is 129 Å². The second-order valence-electron chi connectivity index (χ2n) is 38.7. The number of aromatic hydroxyl groups is 2. The van der Waals surface area contributed by atoms with Gasteiger partial charge >= 0.3 is 5.97 Å². The minimum atomic E-state index is -1.77.